The molecule has 0 aromatic carbocycles. The topological polar surface area (TPSA) is 83.5 Å². The number of allylic oxidation sites excluding steroid dienone is 1. The second kappa shape index (κ2) is 7.79. The molecule has 28 heavy (non-hydrogen) atoms. The molecule has 1 aromatic heterocycles. The minimum atomic E-state index is -1.33. The van der Waals surface area contributed by atoms with Crippen molar-refractivity contribution in [3.8, 4) is 0 Å². The highest BCUT2D eigenvalue weighted by Gasteiger charge is 2.36. The average molecular weight is 393 g/mol. The molecule has 3 aliphatic rings. The molecule has 3 heterocycles. The van der Waals surface area contributed by atoms with E-state index in [9.17, 15) is 8.78 Å². The van der Waals surface area contributed by atoms with E-state index in [0.29, 0.717) is 18.5 Å². The van der Waals surface area contributed by atoms with Crippen molar-refractivity contribution in [3.05, 3.63) is 29.6 Å². The number of nitrogens with zero attached hydrogens (tertiary/aromatic N) is 4. The zero-order chi connectivity index (χ0) is 19.7. The molecular formula is C19H29F2N7. The third kappa shape index (κ3) is 3.77. The smallest absolute Gasteiger partial charge is 0.213 e. The van der Waals surface area contributed by atoms with Gasteiger partial charge in [0.1, 0.15) is 12.0 Å². The van der Waals surface area contributed by atoms with Gasteiger partial charge in [-0.1, -0.05) is 12.8 Å². The number of hydrogen-bond acceptors (Lipinski definition) is 6. The highest BCUT2D eigenvalue weighted by Crippen LogP contribution is 2.31. The predicted octanol–water partition coefficient (Wildman–Crippen LogP) is 1.76. The highest BCUT2D eigenvalue weighted by atomic mass is 19.1. The lowest BCUT2D eigenvalue weighted by Gasteiger charge is -2.36. The molecule has 1 saturated heterocycles. The molecule has 154 valence electrons. The second-order valence-electron chi connectivity index (χ2n) is 8.11. The highest BCUT2D eigenvalue weighted by molar-refractivity contribution is 5.78. The molecule has 0 amide bonds. The van der Waals surface area contributed by atoms with E-state index in [2.05, 4.69) is 25.6 Å². The lowest BCUT2D eigenvalue weighted by Crippen LogP contribution is -2.52. The molecule has 0 bridgehead atoms. The van der Waals surface area contributed by atoms with Gasteiger partial charge in [0.15, 0.2) is 5.83 Å². The summed E-state index contributed by atoms with van der Waals surface area (Å²) in [6, 6.07) is -0.319. The Morgan fingerprint density at radius 3 is 2.86 bits per heavy atom. The number of nitrogens with two attached hydrogens (primary N) is 1. The maximum Gasteiger partial charge on any atom is 0.213 e. The molecule has 0 spiro atoms. The monoisotopic (exact) mass is 393 g/mol. The molecule has 4 N–H and O–H groups in total. The molecule has 1 aromatic rings. The van der Waals surface area contributed by atoms with Gasteiger partial charge in [0.25, 0.3) is 0 Å². The standard InChI is InChI=1S/C19H29F2N7/c1-23-18-15(20)9-24-19(22,26-18)14-8-25-28(11-14)17-6-7-27(12-16(17)21)10-13-4-2-3-5-13/h8-9,11,13,16-17,23,26H,2-7,10,12,22H2,1H3/t16-,17-,19?/m1/s1. The predicted molar refractivity (Wildman–Crippen MR) is 104 cm³/mol. The largest absolute Gasteiger partial charge is 0.372 e. The van der Waals surface area contributed by atoms with Crippen molar-refractivity contribution in [2.24, 2.45) is 16.6 Å². The van der Waals surface area contributed by atoms with Crippen molar-refractivity contribution in [3.63, 3.8) is 0 Å². The molecule has 1 saturated carbocycles. The molecule has 4 rings (SSSR count). The summed E-state index contributed by atoms with van der Waals surface area (Å²) in [7, 11) is 1.60. The van der Waals surface area contributed by atoms with E-state index in [1.807, 2.05) is 0 Å². The van der Waals surface area contributed by atoms with E-state index in [4.69, 9.17) is 5.73 Å². The first-order valence-corrected chi connectivity index (χ1v) is 10.1. The van der Waals surface area contributed by atoms with Crippen LogP contribution >= 0.6 is 0 Å². The number of piperidine rings is 1. The first-order valence-electron chi connectivity index (χ1n) is 10.1. The molecule has 2 aliphatic heterocycles. The Kier molecular flexibility index (Phi) is 5.37. The molecule has 1 unspecified atom stereocenters. The number of aromatic nitrogens is 2. The van der Waals surface area contributed by atoms with Gasteiger partial charge >= 0.3 is 0 Å². The molecule has 0 radical (unpaired) electrons. The Balaban J connectivity index is 1.41. The van der Waals surface area contributed by atoms with Gasteiger partial charge in [-0.2, -0.15) is 5.10 Å². The van der Waals surface area contributed by atoms with Gasteiger partial charge in [0.2, 0.25) is 5.79 Å². The van der Waals surface area contributed by atoms with Crippen molar-refractivity contribution in [2.45, 2.75) is 50.1 Å². The number of halogens is 2. The van der Waals surface area contributed by atoms with E-state index < -0.39 is 17.8 Å². The minimum absolute atomic E-state index is 0.161. The van der Waals surface area contributed by atoms with Crippen LogP contribution in [-0.2, 0) is 5.79 Å². The van der Waals surface area contributed by atoms with Gasteiger partial charge in [-0.25, -0.2) is 13.8 Å². The van der Waals surface area contributed by atoms with Crippen LogP contribution in [0.25, 0.3) is 0 Å². The third-order valence-corrected chi connectivity index (χ3v) is 6.15. The number of likely N-dealkylation sites (tertiary alicyclic amines) is 1. The number of alkyl halides is 1. The molecular weight excluding hydrogens is 364 g/mol. The summed E-state index contributed by atoms with van der Waals surface area (Å²) < 4.78 is 30.3. The summed E-state index contributed by atoms with van der Waals surface area (Å²) in [6.45, 7) is 2.32. The maximum absolute atomic E-state index is 14.9. The van der Waals surface area contributed by atoms with Crippen molar-refractivity contribution in [1.29, 1.82) is 0 Å². The lowest BCUT2D eigenvalue weighted by atomic mass is 10.0. The Morgan fingerprint density at radius 2 is 2.14 bits per heavy atom. The summed E-state index contributed by atoms with van der Waals surface area (Å²) in [5.41, 5.74) is 6.85. The van der Waals surface area contributed by atoms with Gasteiger partial charge < -0.3 is 15.5 Å². The van der Waals surface area contributed by atoms with E-state index in [1.54, 1.807) is 24.1 Å². The SMILES string of the molecule is CNC1=C(F)C=NC(N)(c2cnn([C@@H]3CCN(CC4CCCC4)C[C@H]3F)c2)N1. The normalized spacial score (nSPS) is 32.0. The fourth-order valence-corrected chi connectivity index (χ4v) is 4.53. The summed E-state index contributed by atoms with van der Waals surface area (Å²) in [6.07, 6.45) is 9.25. The van der Waals surface area contributed by atoms with Gasteiger partial charge in [0.05, 0.1) is 24.0 Å². The van der Waals surface area contributed by atoms with Crippen molar-refractivity contribution in [2.75, 3.05) is 26.7 Å². The number of nitrogens with one attached hydrogen (secondary N) is 2. The minimum Gasteiger partial charge on any atom is -0.372 e. The Hall–Kier alpha value is -2.00. The lowest BCUT2D eigenvalue weighted by molar-refractivity contribution is 0.0738. The summed E-state index contributed by atoms with van der Waals surface area (Å²) in [5.74, 6) is -0.966. The van der Waals surface area contributed by atoms with Crippen LogP contribution in [-0.4, -0.2) is 53.7 Å². The van der Waals surface area contributed by atoms with Gasteiger partial charge in [-0.3, -0.25) is 10.4 Å². The maximum atomic E-state index is 14.9. The molecule has 9 heteroatoms. The third-order valence-electron chi connectivity index (χ3n) is 6.15. The van der Waals surface area contributed by atoms with Gasteiger partial charge in [0, 0.05) is 32.9 Å². The summed E-state index contributed by atoms with van der Waals surface area (Å²) in [4.78, 5) is 6.33. The number of rotatable bonds is 5. The van der Waals surface area contributed by atoms with Crippen LogP contribution in [0, 0.1) is 5.92 Å². The first kappa shape index (κ1) is 19.3. The summed E-state index contributed by atoms with van der Waals surface area (Å²) >= 11 is 0. The van der Waals surface area contributed by atoms with E-state index in [1.165, 1.54) is 25.7 Å². The van der Waals surface area contributed by atoms with E-state index in [0.717, 1.165) is 25.2 Å². The van der Waals surface area contributed by atoms with Crippen molar-refractivity contribution < 1.29 is 8.78 Å². The van der Waals surface area contributed by atoms with Gasteiger partial charge in [-0.15, -0.1) is 0 Å². The average Bonchev–Trinajstić information content (AvgIpc) is 3.36. The Bertz CT molecular complexity index is 755. The van der Waals surface area contributed by atoms with E-state index in [-0.39, 0.29) is 11.9 Å². The van der Waals surface area contributed by atoms with Crippen LogP contribution < -0.4 is 16.4 Å². The van der Waals surface area contributed by atoms with Crippen LogP contribution in [0.4, 0.5) is 8.78 Å². The van der Waals surface area contributed by atoms with Crippen LogP contribution in [0.3, 0.4) is 0 Å². The Morgan fingerprint density at radius 1 is 1.36 bits per heavy atom. The van der Waals surface area contributed by atoms with Crippen molar-refractivity contribution >= 4 is 6.21 Å². The van der Waals surface area contributed by atoms with Crippen LogP contribution in [0.1, 0.15) is 43.7 Å². The van der Waals surface area contributed by atoms with Crippen LogP contribution in [0.15, 0.2) is 29.0 Å². The fraction of sp³-hybridized carbons (Fsp3) is 0.684. The zero-order valence-corrected chi connectivity index (χ0v) is 16.2. The van der Waals surface area contributed by atoms with Crippen LogP contribution in [0.5, 0.6) is 0 Å². The quantitative estimate of drug-likeness (QED) is 0.710. The molecule has 1 aliphatic carbocycles. The number of hydrogen-bond donors (Lipinski definition) is 3. The molecule has 7 nitrogen and oxygen atoms in total. The van der Waals surface area contributed by atoms with Crippen LogP contribution in [0.2, 0.25) is 0 Å². The first-order chi connectivity index (χ1) is 13.5. The Labute approximate surface area is 164 Å². The summed E-state index contributed by atoms with van der Waals surface area (Å²) in [5, 5.41) is 9.90. The van der Waals surface area contributed by atoms with Crippen molar-refractivity contribution in [1.82, 2.24) is 25.3 Å². The number of aliphatic imine (C=N–C) groups is 1. The zero-order valence-electron chi connectivity index (χ0n) is 16.2. The second-order valence-corrected chi connectivity index (χ2v) is 8.11. The molecule has 3 atom stereocenters. The van der Waals surface area contributed by atoms with Gasteiger partial charge in [-0.05, 0) is 25.2 Å². The fourth-order valence-electron chi connectivity index (χ4n) is 4.53. The van der Waals surface area contributed by atoms with E-state index >= 15 is 0 Å². The molecule has 2 fully saturated rings.